The maximum Gasteiger partial charge on any atom is 0.258 e. The number of nitrogens with zero attached hydrogens (tertiary/aromatic N) is 2. The van der Waals surface area contributed by atoms with E-state index < -0.39 is 0 Å². The summed E-state index contributed by atoms with van der Waals surface area (Å²) >= 11 is 0. The Labute approximate surface area is 168 Å². The fraction of sp³-hybridized carbons (Fsp3) is 0.130. The lowest BCUT2D eigenvalue weighted by atomic mass is 10.1. The van der Waals surface area contributed by atoms with Gasteiger partial charge in [0.15, 0.2) is 0 Å². The second-order valence-electron chi connectivity index (χ2n) is 6.46. The lowest BCUT2D eigenvalue weighted by molar-refractivity contribution is -0.121. The summed E-state index contributed by atoms with van der Waals surface area (Å²) in [6.07, 6.45) is 5.97. The summed E-state index contributed by atoms with van der Waals surface area (Å²) < 4.78 is 0. The molecule has 2 aliphatic rings. The summed E-state index contributed by atoms with van der Waals surface area (Å²) in [6, 6.07) is 14.8. The van der Waals surface area contributed by atoms with Gasteiger partial charge in [0.2, 0.25) is 0 Å². The third-order valence-electron chi connectivity index (χ3n) is 4.59. The Morgan fingerprint density at radius 1 is 0.621 bits per heavy atom. The van der Waals surface area contributed by atoms with Crippen LogP contribution >= 0.6 is 0 Å². The smallest absolute Gasteiger partial charge is 0.258 e. The van der Waals surface area contributed by atoms with Crippen molar-refractivity contribution in [2.45, 2.75) is 20.3 Å². The summed E-state index contributed by atoms with van der Waals surface area (Å²) in [5, 5.41) is 0. The number of carbonyl (C=O) groups is 4. The van der Waals surface area contributed by atoms with E-state index in [1.807, 2.05) is 44.2 Å². The highest BCUT2D eigenvalue weighted by Gasteiger charge is 2.27. The molecule has 0 bridgehead atoms. The molecular weight excluding hydrogens is 368 g/mol. The summed E-state index contributed by atoms with van der Waals surface area (Å²) in [5.41, 5.74) is 3.27. The first-order chi connectivity index (χ1) is 13.9. The molecule has 2 aliphatic heterocycles. The Balaban J connectivity index is 0.000000166. The van der Waals surface area contributed by atoms with E-state index in [2.05, 4.69) is 0 Å². The fourth-order valence-electron chi connectivity index (χ4n) is 3.12. The molecule has 6 heteroatoms. The van der Waals surface area contributed by atoms with Crippen molar-refractivity contribution in [3.63, 3.8) is 0 Å². The van der Waals surface area contributed by atoms with Crippen LogP contribution in [-0.2, 0) is 25.6 Å². The number of aryl methyl sites for hydroxylation is 2. The first kappa shape index (κ1) is 19.9. The summed E-state index contributed by atoms with van der Waals surface area (Å²) in [4.78, 5) is 48.0. The third-order valence-corrected chi connectivity index (χ3v) is 4.59. The zero-order valence-electron chi connectivity index (χ0n) is 16.2. The van der Waals surface area contributed by atoms with E-state index in [0.717, 1.165) is 17.5 Å². The number of para-hydroxylation sites is 2. The number of imide groups is 2. The maximum absolute atomic E-state index is 11.5. The average Bonchev–Trinajstić information content (AvgIpc) is 3.23. The molecule has 0 atom stereocenters. The van der Waals surface area contributed by atoms with Gasteiger partial charge in [-0.05, 0) is 36.6 Å². The van der Waals surface area contributed by atoms with Crippen molar-refractivity contribution in [2.75, 3.05) is 9.80 Å². The molecule has 0 spiro atoms. The Bertz CT molecular complexity index is 1020. The Hall–Kier alpha value is -3.80. The highest BCUT2D eigenvalue weighted by atomic mass is 16.2. The third kappa shape index (κ3) is 4.06. The summed E-state index contributed by atoms with van der Waals surface area (Å²) in [7, 11) is 0. The zero-order chi connectivity index (χ0) is 21.0. The summed E-state index contributed by atoms with van der Waals surface area (Å²) in [5.74, 6) is -1.07. The minimum absolute atomic E-state index is 0.263. The van der Waals surface area contributed by atoms with Crippen LogP contribution in [0.15, 0.2) is 72.8 Å². The molecular formula is C23H20N2O4. The lowest BCUT2D eigenvalue weighted by Crippen LogP contribution is -2.30. The molecule has 2 aromatic carbocycles. The number of anilines is 2. The Kier molecular flexibility index (Phi) is 5.83. The highest BCUT2D eigenvalue weighted by molar-refractivity contribution is 6.29. The van der Waals surface area contributed by atoms with Gasteiger partial charge in [-0.3, -0.25) is 19.2 Å². The van der Waals surface area contributed by atoms with Crippen LogP contribution in [0.4, 0.5) is 11.4 Å². The van der Waals surface area contributed by atoms with Crippen molar-refractivity contribution in [1.29, 1.82) is 0 Å². The first-order valence-corrected chi connectivity index (χ1v) is 9.19. The molecule has 4 rings (SSSR count). The molecule has 6 nitrogen and oxygen atoms in total. The van der Waals surface area contributed by atoms with E-state index in [-0.39, 0.29) is 23.6 Å². The summed E-state index contributed by atoms with van der Waals surface area (Å²) in [6.45, 7) is 3.87. The van der Waals surface area contributed by atoms with Crippen LogP contribution in [0, 0.1) is 6.92 Å². The van der Waals surface area contributed by atoms with Gasteiger partial charge in [0.25, 0.3) is 23.6 Å². The van der Waals surface area contributed by atoms with E-state index in [0.29, 0.717) is 11.4 Å². The molecule has 0 saturated heterocycles. The van der Waals surface area contributed by atoms with Crippen LogP contribution in [0.5, 0.6) is 0 Å². The molecule has 0 N–H and O–H groups in total. The van der Waals surface area contributed by atoms with Crippen LogP contribution < -0.4 is 9.80 Å². The predicted octanol–water partition coefficient (Wildman–Crippen LogP) is 3.10. The first-order valence-electron chi connectivity index (χ1n) is 9.19. The van der Waals surface area contributed by atoms with Gasteiger partial charge in [0.1, 0.15) is 0 Å². The lowest BCUT2D eigenvalue weighted by Gasteiger charge is -2.17. The molecule has 0 radical (unpaired) electrons. The topological polar surface area (TPSA) is 74.8 Å². The van der Waals surface area contributed by atoms with Crippen molar-refractivity contribution in [1.82, 2.24) is 0 Å². The molecule has 0 aliphatic carbocycles. The van der Waals surface area contributed by atoms with Crippen LogP contribution in [0.3, 0.4) is 0 Å². The van der Waals surface area contributed by atoms with Gasteiger partial charge >= 0.3 is 0 Å². The second kappa shape index (κ2) is 8.48. The highest BCUT2D eigenvalue weighted by Crippen LogP contribution is 2.24. The number of hydrogen-bond donors (Lipinski definition) is 0. The van der Waals surface area contributed by atoms with Gasteiger partial charge in [-0.25, -0.2) is 9.80 Å². The molecule has 4 amide bonds. The predicted molar refractivity (Wildman–Crippen MR) is 110 cm³/mol. The zero-order valence-corrected chi connectivity index (χ0v) is 16.2. The van der Waals surface area contributed by atoms with Crippen LogP contribution in [0.25, 0.3) is 0 Å². The average molecular weight is 388 g/mol. The molecule has 146 valence electrons. The quantitative estimate of drug-likeness (QED) is 0.758. The number of benzene rings is 2. The monoisotopic (exact) mass is 388 g/mol. The number of hydrogen-bond acceptors (Lipinski definition) is 4. The van der Waals surface area contributed by atoms with Gasteiger partial charge in [-0.2, -0.15) is 0 Å². The SMILES string of the molecule is CCc1ccccc1N1C(=O)C=CC1=O.Cc1ccccc1N1C(=O)C=CC1=O. The Morgan fingerprint density at radius 3 is 1.52 bits per heavy atom. The molecule has 2 heterocycles. The maximum atomic E-state index is 11.5. The number of rotatable bonds is 3. The molecule has 0 aromatic heterocycles. The molecule has 0 fully saturated rings. The molecule has 2 aromatic rings. The minimum Gasteiger partial charge on any atom is -0.269 e. The molecule has 29 heavy (non-hydrogen) atoms. The normalized spacial score (nSPS) is 15.2. The van der Waals surface area contributed by atoms with E-state index in [1.165, 1.54) is 34.1 Å². The van der Waals surface area contributed by atoms with Crippen molar-refractivity contribution in [3.8, 4) is 0 Å². The van der Waals surface area contributed by atoms with E-state index in [9.17, 15) is 19.2 Å². The van der Waals surface area contributed by atoms with Crippen LogP contribution in [-0.4, -0.2) is 23.6 Å². The minimum atomic E-state index is -0.274. The Morgan fingerprint density at radius 2 is 1.03 bits per heavy atom. The molecule has 0 saturated carbocycles. The van der Waals surface area contributed by atoms with Gasteiger partial charge < -0.3 is 0 Å². The van der Waals surface area contributed by atoms with Crippen molar-refractivity contribution >= 4 is 35.0 Å². The standard InChI is InChI=1S/C12H11NO2.C11H9NO2/c1-2-9-5-3-4-6-10(9)13-11(14)7-8-12(13)15;1-8-4-2-3-5-9(8)12-10(13)6-7-11(12)14/h3-8H,2H2,1H3;2-7H,1H3. The van der Waals surface area contributed by atoms with Crippen molar-refractivity contribution in [3.05, 3.63) is 84.0 Å². The fourth-order valence-corrected chi connectivity index (χ4v) is 3.12. The van der Waals surface area contributed by atoms with Crippen LogP contribution in [0.1, 0.15) is 18.1 Å². The van der Waals surface area contributed by atoms with Crippen molar-refractivity contribution in [2.24, 2.45) is 0 Å². The van der Waals surface area contributed by atoms with Crippen molar-refractivity contribution < 1.29 is 19.2 Å². The second-order valence-corrected chi connectivity index (χ2v) is 6.46. The van der Waals surface area contributed by atoms with Gasteiger partial charge in [-0.1, -0.05) is 43.3 Å². The number of amides is 4. The molecule has 0 unspecified atom stereocenters. The van der Waals surface area contributed by atoms with E-state index in [4.69, 9.17) is 0 Å². The van der Waals surface area contributed by atoms with E-state index >= 15 is 0 Å². The largest absolute Gasteiger partial charge is 0.269 e. The van der Waals surface area contributed by atoms with Gasteiger partial charge in [0.05, 0.1) is 11.4 Å². The van der Waals surface area contributed by atoms with E-state index in [1.54, 1.807) is 18.2 Å². The van der Waals surface area contributed by atoms with Gasteiger partial charge in [0, 0.05) is 24.3 Å². The number of carbonyl (C=O) groups excluding carboxylic acids is 4. The van der Waals surface area contributed by atoms with Crippen LogP contribution in [0.2, 0.25) is 0 Å². The van der Waals surface area contributed by atoms with Gasteiger partial charge in [-0.15, -0.1) is 0 Å².